The molecular formula is C18H24ClNOS. The number of halogens is 1. The Morgan fingerprint density at radius 1 is 1.32 bits per heavy atom. The molecule has 0 radical (unpaired) electrons. The number of benzene rings is 1. The summed E-state index contributed by atoms with van der Waals surface area (Å²) in [5.41, 5.74) is 1.37. The second kappa shape index (κ2) is 7.10. The lowest BCUT2D eigenvalue weighted by Crippen LogP contribution is -2.28. The lowest BCUT2D eigenvalue weighted by molar-refractivity contribution is -0.123. The van der Waals surface area contributed by atoms with Crippen molar-refractivity contribution in [2.24, 2.45) is 17.3 Å². The van der Waals surface area contributed by atoms with Gasteiger partial charge in [-0.15, -0.1) is 11.8 Å². The van der Waals surface area contributed by atoms with Crippen LogP contribution >= 0.6 is 23.4 Å². The zero-order valence-electron chi connectivity index (χ0n) is 13.7. The molecule has 0 saturated heterocycles. The third kappa shape index (κ3) is 4.30. The first kappa shape index (κ1) is 17.4. The fraction of sp³-hybridized carbons (Fsp3) is 0.500. The third-order valence-corrected chi connectivity index (χ3v) is 5.46. The van der Waals surface area contributed by atoms with Crippen LogP contribution in [0.1, 0.15) is 27.7 Å². The second-order valence-corrected chi connectivity index (χ2v) is 8.27. The van der Waals surface area contributed by atoms with E-state index in [1.165, 1.54) is 10.5 Å². The fourth-order valence-corrected chi connectivity index (χ4v) is 3.73. The van der Waals surface area contributed by atoms with E-state index in [1.807, 2.05) is 24.3 Å². The van der Waals surface area contributed by atoms with Crippen LogP contribution in [0.25, 0.3) is 0 Å². The first-order valence-corrected chi connectivity index (χ1v) is 9.00. The summed E-state index contributed by atoms with van der Waals surface area (Å²) in [7, 11) is 0. The molecule has 2 nitrogen and oxygen atoms in total. The number of allylic oxidation sites excluding steroid dienone is 2. The molecule has 1 N–H and O–H groups in total. The molecule has 1 saturated carbocycles. The Morgan fingerprint density at radius 2 is 1.95 bits per heavy atom. The zero-order chi connectivity index (χ0) is 16.3. The number of thioether (sulfide) groups is 1. The number of hydrogen-bond donors (Lipinski definition) is 1. The van der Waals surface area contributed by atoms with Crippen LogP contribution in [0, 0.1) is 17.3 Å². The molecule has 1 fully saturated rings. The van der Waals surface area contributed by atoms with Crippen molar-refractivity contribution < 1.29 is 4.79 Å². The van der Waals surface area contributed by atoms with Crippen molar-refractivity contribution in [3.8, 4) is 0 Å². The van der Waals surface area contributed by atoms with Crippen LogP contribution in [-0.4, -0.2) is 18.2 Å². The SMILES string of the molecule is CC(C)=CC1C(C(=O)NCCSc2ccc(Cl)cc2)C1(C)C. The Hall–Kier alpha value is -0.930. The van der Waals surface area contributed by atoms with Crippen LogP contribution in [0.3, 0.4) is 0 Å². The number of hydrogen-bond acceptors (Lipinski definition) is 2. The Balaban J connectivity index is 1.75. The zero-order valence-corrected chi connectivity index (χ0v) is 15.2. The van der Waals surface area contributed by atoms with E-state index >= 15 is 0 Å². The molecule has 1 amide bonds. The van der Waals surface area contributed by atoms with Gasteiger partial charge in [0.2, 0.25) is 5.91 Å². The Kier molecular flexibility index (Phi) is 5.62. The van der Waals surface area contributed by atoms with Gasteiger partial charge in [0.05, 0.1) is 5.92 Å². The standard InChI is InChI=1S/C18H24ClNOS/c1-12(2)11-15-16(18(15,3)4)17(21)20-9-10-22-14-7-5-13(19)6-8-14/h5-8,11,15-16H,9-10H2,1-4H3,(H,20,21). The van der Waals surface area contributed by atoms with Crippen molar-refractivity contribution in [1.82, 2.24) is 5.32 Å². The van der Waals surface area contributed by atoms with Crippen LogP contribution in [0.2, 0.25) is 5.02 Å². The van der Waals surface area contributed by atoms with Crippen molar-refractivity contribution >= 4 is 29.3 Å². The van der Waals surface area contributed by atoms with Gasteiger partial charge in [0.15, 0.2) is 0 Å². The molecule has 2 rings (SSSR count). The van der Waals surface area contributed by atoms with Crippen LogP contribution in [-0.2, 0) is 4.79 Å². The fourth-order valence-electron chi connectivity index (χ4n) is 2.83. The first-order valence-electron chi connectivity index (χ1n) is 7.63. The van der Waals surface area contributed by atoms with Gasteiger partial charge in [-0.2, -0.15) is 0 Å². The van der Waals surface area contributed by atoms with Gasteiger partial charge in [-0.1, -0.05) is 37.1 Å². The molecule has 0 aromatic heterocycles. The van der Waals surface area contributed by atoms with Gasteiger partial charge < -0.3 is 5.32 Å². The minimum absolute atomic E-state index is 0.0880. The molecule has 1 aromatic rings. The van der Waals surface area contributed by atoms with Crippen molar-refractivity contribution in [3.63, 3.8) is 0 Å². The van der Waals surface area contributed by atoms with Crippen LogP contribution in [0.4, 0.5) is 0 Å². The minimum Gasteiger partial charge on any atom is -0.355 e. The molecule has 0 aliphatic heterocycles. The van der Waals surface area contributed by atoms with Crippen molar-refractivity contribution in [2.45, 2.75) is 32.6 Å². The average Bonchev–Trinajstić information content (AvgIpc) is 2.97. The smallest absolute Gasteiger partial charge is 0.224 e. The summed E-state index contributed by atoms with van der Waals surface area (Å²) in [6.45, 7) is 9.21. The number of carbonyl (C=O) groups excluding carboxylic acids is 1. The van der Waals surface area contributed by atoms with E-state index in [1.54, 1.807) is 11.8 Å². The highest BCUT2D eigenvalue weighted by molar-refractivity contribution is 7.99. The largest absolute Gasteiger partial charge is 0.355 e. The molecular weight excluding hydrogens is 314 g/mol. The van der Waals surface area contributed by atoms with E-state index in [4.69, 9.17) is 11.6 Å². The summed E-state index contributed by atoms with van der Waals surface area (Å²) >= 11 is 7.59. The molecule has 0 spiro atoms. The Morgan fingerprint density at radius 3 is 2.55 bits per heavy atom. The predicted molar refractivity (Wildman–Crippen MR) is 95.4 cm³/mol. The summed E-state index contributed by atoms with van der Waals surface area (Å²) in [6, 6.07) is 7.78. The third-order valence-electron chi connectivity index (χ3n) is 4.19. The normalized spacial score (nSPS) is 22.0. The van der Waals surface area contributed by atoms with E-state index in [0.29, 0.717) is 12.5 Å². The molecule has 22 heavy (non-hydrogen) atoms. The molecule has 2 atom stereocenters. The van der Waals surface area contributed by atoms with E-state index < -0.39 is 0 Å². The lowest BCUT2D eigenvalue weighted by Gasteiger charge is -2.06. The van der Waals surface area contributed by atoms with Crippen LogP contribution in [0.15, 0.2) is 40.8 Å². The summed E-state index contributed by atoms with van der Waals surface area (Å²) in [4.78, 5) is 13.5. The highest BCUT2D eigenvalue weighted by Crippen LogP contribution is 2.59. The predicted octanol–water partition coefficient (Wildman–Crippen LogP) is 4.79. The Labute approximate surface area is 142 Å². The number of rotatable bonds is 6. The first-order chi connectivity index (χ1) is 10.3. The Bertz CT molecular complexity index is 561. The molecule has 2 unspecified atom stereocenters. The average molecular weight is 338 g/mol. The summed E-state index contributed by atoms with van der Waals surface area (Å²) in [6.07, 6.45) is 2.23. The quantitative estimate of drug-likeness (QED) is 0.459. The van der Waals surface area contributed by atoms with E-state index in [0.717, 1.165) is 10.8 Å². The molecule has 4 heteroatoms. The summed E-state index contributed by atoms with van der Waals surface area (Å²) < 4.78 is 0. The van der Waals surface area contributed by atoms with Gasteiger partial charge in [0, 0.05) is 22.2 Å². The van der Waals surface area contributed by atoms with Gasteiger partial charge in [-0.25, -0.2) is 0 Å². The monoisotopic (exact) mass is 337 g/mol. The molecule has 0 bridgehead atoms. The van der Waals surface area contributed by atoms with Crippen molar-refractivity contribution in [1.29, 1.82) is 0 Å². The number of nitrogens with one attached hydrogen (secondary N) is 1. The van der Waals surface area contributed by atoms with E-state index in [2.05, 4.69) is 39.1 Å². The van der Waals surface area contributed by atoms with Crippen LogP contribution < -0.4 is 5.32 Å². The van der Waals surface area contributed by atoms with Gasteiger partial charge in [0.25, 0.3) is 0 Å². The maximum Gasteiger partial charge on any atom is 0.224 e. The van der Waals surface area contributed by atoms with Crippen molar-refractivity contribution in [3.05, 3.63) is 40.9 Å². The summed E-state index contributed by atoms with van der Waals surface area (Å²) in [5, 5.41) is 3.82. The topological polar surface area (TPSA) is 29.1 Å². The lowest BCUT2D eigenvalue weighted by atomic mass is 10.1. The number of amides is 1. The summed E-state index contributed by atoms with van der Waals surface area (Å²) in [5.74, 6) is 1.54. The highest BCUT2D eigenvalue weighted by Gasteiger charge is 2.60. The second-order valence-electron chi connectivity index (χ2n) is 6.66. The van der Waals surface area contributed by atoms with Gasteiger partial charge >= 0.3 is 0 Å². The van der Waals surface area contributed by atoms with Crippen molar-refractivity contribution in [2.75, 3.05) is 12.3 Å². The van der Waals surface area contributed by atoms with Gasteiger partial charge in [-0.05, 0) is 49.4 Å². The minimum atomic E-state index is 0.0880. The van der Waals surface area contributed by atoms with E-state index in [-0.39, 0.29) is 17.2 Å². The van der Waals surface area contributed by atoms with Gasteiger partial charge in [-0.3, -0.25) is 4.79 Å². The van der Waals surface area contributed by atoms with Crippen LogP contribution in [0.5, 0.6) is 0 Å². The molecule has 1 aromatic carbocycles. The highest BCUT2D eigenvalue weighted by atomic mass is 35.5. The van der Waals surface area contributed by atoms with Gasteiger partial charge in [0.1, 0.15) is 0 Å². The molecule has 120 valence electrons. The number of carbonyl (C=O) groups is 1. The molecule has 1 aliphatic rings. The molecule has 0 heterocycles. The maximum absolute atomic E-state index is 12.3. The van der Waals surface area contributed by atoms with E-state index in [9.17, 15) is 4.79 Å². The maximum atomic E-state index is 12.3. The molecule has 1 aliphatic carbocycles.